The molecule has 0 fully saturated rings. The van der Waals surface area contributed by atoms with Crippen LogP contribution in [-0.2, 0) is 19.2 Å². The third kappa shape index (κ3) is 58.8. The van der Waals surface area contributed by atoms with Crippen LogP contribution in [0.2, 0.25) is 0 Å². The van der Waals surface area contributed by atoms with Crippen molar-refractivity contribution in [2.45, 2.75) is 105 Å². The Morgan fingerprint density at radius 2 is 0.818 bits per heavy atom. The summed E-state index contributed by atoms with van der Waals surface area (Å²) >= 11 is 0. The molecule has 0 radical (unpaired) electrons. The number of rotatable bonds is 14. The van der Waals surface area contributed by atoms with E-state index in [4.69, 9.17) is 10.2 Å². The van der Waals surface area contributed by atoms with Crippen molar-refractivity contribution in [3.8, 4) is 0 Å². The van der Waals surface area contributed by atoms with E-state index in [0.717, 1.165) is 38.5 Å². The summed E-state index contributed by atoms with van der Waals surface area (Å²) in [4.78, 5) is 39.0. The molecule has 33 heavy (non-hydrogen) atoms. The van der Waals surface area contributed by atoms with Crippen molar-refractivity contribution in [1.82, 2.24) is 0 Å². The van der Waals surface area contributed by atoms with Crippen molar-refractivity contribution < 1.29 is 39.6 Å². The maximum atomic E-state index is 9.92. The second-order valence-corrected chi connectivity index (χ2v) is 7.24. The molecule has 0 aromatic carbocycles. The number of hydrogen-bond donors (Lipinski definition) is 2. The summed E-state index contributed by atoms with van der Waals surface area (Å²) < 4.78 is 0. The molecular formula is C24H42MgO8. The van der Waals surface area contributed by atoms with Gasteiger partial charge in [0, 0.05) is 23.1 Å². The van der Waals surface area contributed by atoms with Crippen LogP contribution in [0.1, 0.15) is 105 Å². The summed E-state index contributed by atoms with van der Waals surface area (Å²) in [6.07, 6.45) is 11.2. The van der Waals surface area contributed by atoms with Crippen LogP contribution in [0.5, 0.6) is 0 Å². The maximum absolute atomic E-state index is 9.92. The smallest absolute Gasteiger partial charge is 0.550 e. The van der Waals surface area contributed by atoms with Gasteiger partial charge in [0.2, 0.25) is 0 Å². The number of carboxylic acid groups (broad SMARTS) is 4. The van der Waals surface area contributed by atoms with Crippen molar-refractivity contribution >= 4 is 46.9 Å². The topological polar surface area (TPSA) is 155 Å². The van der Waals surface area contributed by atoms with Gasteiger partial charge in [-0.25, -0.2) is 9.59 Å². The SMILES string of the molecule is C=C(C)C(=O)O.C=C(C)C(=O)O.CCCCCCCC(=O)[O-].CCCCCCCC(=O)[O-].[Mg+2]. The van der Waals surface area contributed by atoms with Gasteiger partial charge in [-0.3, -0.25) is 0 Å². The van der Waals surface area contributed by atoms with E-state index in [1.165, 1.54) is 39.5 Å². The first-order chi connectivity index (χ1) is 14.8. The summed E-state index contributed by atoms with van der Waals surface area (Å²) in [6, 6.07) is 0. The Bertz CT molecular complexity index is 473. The van der Waals surface area contributed by atoms with Crippen LogP contribution in [0.15, 0.2) is 24.3 Å². The van der Waals surface area contributed by atoms with Crippen LogP contribution >= 0.6 is 0 Å². The molecule has 0 saturated heterocycles. The van der Waals surface area contributed by atoms with Crippen LogP contribution in [0.3, 0.4) is 0 Å². The Morgan fingerprint density at radius 1 is 0.606 bits per heavy atom. The standard InChI is InChI=1S/2C8H16O2.2C4H6O2.Mg/c2*1-2-3-4-5-6-7-8(9)10;2*1-3(2)4(5)6;/h2*2-7H2,1H3,(H,9,10);2*1H2,2H3,(H,5,6);/q;;;;+2/p-2. The van der Waals surface area contributed by atoms with Gasteiger partial charge < -0.3 is 30.0 Å². The van der Waals surface area contributed by atoms with Gasteiger partial charge in [-0.05, 0) is 39.5 Å². The number of unbranched alkanes of at least 4 members (excludes halogenated alkanes) is 8. The van der Waals surface area contributed by atoms with Crippen molar-refractivity contribution in [1.29, 1.82) is 0 Å². The first-order valence-corrected chi connectivity index (χ1v) is 11.0. The number of carbonyl (C=O) groups excluding carboxylic acids is 2. The minimum Gasteiger partial charge on any atom is -0.550 e. The molecule has 2 N–H and O–H groups in total. The number of carbonyl (C=O) groups is 4. The average Bonchev–Trinajstić information content (AvgIpc) is 2.68. The maximum Gasteiger partial charge on any atom is 2.00 e. The fourth-order valence-electron chi connectivity index (χ4n) is 1.75. The van der Waals surface area contributed by atoms with E-state index < -0.39 is 23.9 Å². The van der Waals surface area contributed by atoms with Crippen molar-refractivity contribution in [3.63, 3.8) is 0 Å². The van der Waals surface area contributed by atoms with Gasteiger partial charge >= 0.3 is 35.0 Å². The van der Waals surface area contributed by atoms with Crippen LogP contribution < -0.4 is 10.2 Å². The zero-order valence-electron chi connectivity index (χ0n) is 21.0. The largest absolute Gasteiger partial charge is 2.00 e. The molecular weight excluding hydrogens is 441 g/mol. The molecule has 0 aromatic heterocycles. The Hall–Kier alpha value is -1.87. The summed E-state index contributed by atoms with van der Waals surface area (Å²) in [5.74, 6) is -3.71. The molecule has 0 unspecified atom stereocenters. The molecule has 188 valence electrons. The summed E-state index contributed by atoms with van der Waals surface area (Å²) in [5.41, 5.74) is 0.352. The fraction of sp³-hybridized carbons (Fsp3) is 0.667. The molecule has 0 saturated carbocycles. The van der Waals surface area contributed by atoms with E-state index in [2.05, 4.69) is 27.0 Å². The minimum atomic E-state index is -0.935. The normalized spacial score (nSPS) is 8.61. The van der Waals surface area contributed by atoms with Gasteiger partial charge in [0.15, 0.2) is 0 Å². The summed E-state index contributed by atoms with van der Waals surface area (Å²) in [7, 11) is 0. The molecule has 0 amide bonds. The minimum absolute atomic E-state index is 0. The summed E-state index contributed by atoms with van der Waals surface area (Å²) in [6.45, 7) is 13.5. The van der Waals surface area contributed by atoms with Crippen LogP contribution in [0.25, 0.3) is 0 Å². The third-order valence-electron chi connectivity index (χ3n) is 3.70. The molecule has 0 aliphatic rings. The van der Waals surface area contributed by atoms with Gasteiger partial charge in [0.05, 0.1) is 0 Å². The molecule has 0 atom stereocenters. The zero-order valence-corrected chi connectivity index (χ0v) is 22.4. The molecule has 8 nitrogen and oxygen atoms in total. The molecule has 0 aliphatic carbocycles. The molecule has 0 aromatic rings. The number of carboxylic acids is 4. The monoisotopic (exact) mass is 482 g/mol. The molecule has 0 heterocycles. The first kappa shape index (κ1) is 41.4. The van der Waals surface area contributed by atoms with Crippen molar-refractivity contribution in [3.05, 3.63) is 24.3 Å². The van der Waals surface area contributed by atoms with Gasteiger partial charge in [-0.15, -0.1) is 0 Å². The average molecular weight is 483 g/mol. The predicted molar refractivity (Wildman–Crippen MR) is 127 cm³/mol. The first-order valence-electron chi connectivity index (χ1n) is 11.0. The summed E-state index contributed by atoms with van der Waals surface area (Å²) in [5, 5.41) is 35.6. The molecule has 0 spiro atoms. The Balaban J connectivity index is -0.000000108. The van der Waals surface area contributed by atoms with E-state index in [0.29, 0.717) is 0 Å². The van der Waals surface area contributed by atoms with E-state index in [-0.39, 0.29) is 47.0 Å². The zero-order chi connectivity index (χ0) is 25.9. The van der Waals surface area contributed by atoms with Crippen LogP contribution in [0.4, 0.5) is 0 Å². The van der Waals surface area contributed by atoms with Crippen LogP contribution in [0, 0.1) is 0 Å². The van der Waals surface area contributed by atoms with Gasteiger partial charge in [-0.1, -0.05) is 78.4 Å². The predicted octanol–water partition coefficient (Wildman–Crippen LogP) is 3.11. The van der Waals surface area contributed by atoms with E-state index in [1.54, 1.807) is 0 Å². The van der Waals surface area contributed by atoms with Gasteiger partial charge in [0.25, 0.3) is 0 Å². The Morgan fingerprint density at radius 3 is 0.970 bits per heavy atom. The quantitative estimate of drug-likeness (QED) is 0.217. The second kappa shape index (κ2) is 32.3. The van der Waals surface area contributed by atoms with E-state index >= 15 is 0 Å². The number of aliphatic carboxylic acids is 4. The fourth-order valence-corrected chi connectivity index (χ4v) is 1.75. The van der Waals surface area contributed by atoms with Gasteiger partial charge in [-0.2, -0.15) is 0 Å². The van der Waals surface area contributed by atoms with Crippen molar-refractivity contribution in [2.24, 2.45) is 0 Å². The second-order valence-electron chi connectivity index (χ2n) is 7.24. The molecule has 0 rings (SSSR count). The molecule has 9 heteroatoms. The van der Waals surface area contributed by atoms with Crippen molar-refractivity contribution in [2.75, 3.05) is 0 Å². The molecule has 0 bridgehead atoms. The number of hydrogen-bond acceptors (Lipinski definition) is 6. The van der Waals surface area contributed by atoms with E-state index in [1.807, 2.05) is 0 Å². The Labute approximate surface area is 215 Å². The van der Waals surface area contributed by atoms with E-state index in [9.17, 15) is 29.4 Å². The molecule has 0 aliphatic heterocycles. The van der Waals surface area contributed by atoms with Gasteiger partial charge in [0.1, 0.15) is 0 Å². The third-order valence-corrected chi connectivity index (χ3v) is 3.70. The van der Waals surface area contributed by atoms with Crippen LogP contribution in [-0.4, -0.2) is 57.1 Å². The Kier molecular flexibility index (Phi) is 40.5.